The van der Waals surface area contributed by atoms with Crippen molar-refractivity contribution < 1.29 is 19.4 Å². The minimum Gasteiger partial charge on any atom is -0.496 e. The number of benzene rings is 1. The molecule has 1 aromatic rings. The maximum absolute atomic E-state index is 13.4. The van der Waals surface area contributed by atoms with Crippen molar-refractivity contribution in [2.24, 2.45) is 0 Å². The zero-order chi connectivity index (χ0) is 22.6. The van der Waals surface area contributed by atoms with Crippen molar-refractivity contribution >= 4 is 19.5 Å². The topological polar surface area (TPSA) is 55.8 Å². The minimum atomic E-state index is -0.893. The number of hydrogen-bond donors (Lipinski definition) is 1. The summed E-state index contributed by atoms with van der Waals surface area (Å²) in [5, 5.41) is 10.1. The fourth-order valence-electron chi connectivity index (χ4n) is 6.25. The molecule has 1 atom stereocenters. The molecule has 4 nitrogen and oxygen atoms in total. The van der Waals surface area contributed by atoms with Gasteiger partial charge in [0.2, 0.25) is 0 Å². The first kappa shape index (κ1) is 23.4. The zero-order valence-corrected chi connectivity index (χ0v) is 20.4. The summed E-state index contributed by atoms with van der Waals surface area (Å²) < 4.78 is 11.5. The third-order valence-electron chi connectivity index (χ3n) is 7.69. The van der Waals surface area contributed by atoms with E-state index in [1.807, 2.05) is 30.4 Å². The molecule has 0 spiro atoms. The molecule has 0 aromatic heterocycles. The van der Waals surface area contributed by atoms with E-state index in [2.05, 4.69) is 6.08 Å². The quantitative estimate of drug-likeness (QED) is 0.448. The van der Waals surface area contributed by atoms with Crippen LogP contribution in [0.15, 0.2) is 36.4 Å². The van der Waals surface area contributed by atoms with Gasteiger partial charge in [0.05, 0.1) is 19.8 Å². The zero-order valence-electron chi connectivity index (χ0n) is 19.5. The van der Waals surface area contributed by atoms with Gasteiger partial charge in [0.25, 0.3) is 0 Å². The Bertz CT molecular complexity index is 824. The highest BCUT2D eigenvalue weighted by Gasteiger charge is 2.55. The second-order valence-corrected chi connectivity index (χ2v) is 12.4. The molecule has 0 amide bonds. The van der Waals surface area contributed by atoms with Gasteiger partial charge in [0.15, 0.2) is 0 Å². The smallest absolute Gasteiger partial charge is 0.318 e. The molecule has 0 bridgehead atoms. The van der Waals surface area contributed by atoms with Crippen LogP contribution in [-0.2, 0) is 4.79 Å². The van der Waals surface area contributed by atoms with Gasteiger partial charge in [0.1, 0.15) is 16.7 Å². The van der Waals surface area contributed by atoms with Crippen molar-refractivity contribution in [2.45, 2.75) is 87.1 Å². The molecule has 2 fully saturated rings. The summed E-state index contributed by atoms with van der Waals surface area (Å²) in [4.78, 5) is 13.4. The maximum Gasteiger partial charge on any atom is 0.318 e. The lowest BCUT2D eigenvalue weighted by molar-refractivity contribution is -0.138. The lowest BCUT2D eigenvalue weighted by atomic mass is 9.84. The Kier molecular flexibility index (Phi) is 7.61. The van der Waals surface area contributed by atoms with Crippen molar-refractivity contribution in [2.75, 3.05) is 14.2 Å². The van der Waals surface area contributed by atoms with Gasteiger partial charge in [-0.2, -0.15) is 0 Å². The van der Waals surface area contributed by atoms with Crippen LogP contribution < -0.4 is 9.47 Å². The molecule has 0 aliphatic heterocycles. The van der Waals surface area contributed by atoms with Gasteiger partial charge in [-0.15, -0.1) is 0 Å². The summed E-state index contributed by atoms with van der Waals surface area (Å²) in [5.41, 5.74) is 2.76. The number of aliphatic carboxylic acids is 1. The molecule has 5 heteroatoms. The van der Waals surface area contributed by atoms with E-state index in [9.17, 15) is 9.90 Å². The molecular weight excluding hydrogens is 419 g/mol. The summed E-state index contributed by atoms with van der Waals surface area (Å²) in [6.45, 7) is 0. The number of allylic oxidation sites excluding steroid dienone is 3. The van der Waals surface area contributed by atoms with Crippen molar-refractivity contribution in [1.82, 2.24) is 0 Å². The maximum atomic E-state index is 13.4. The highest BCUT2D eigenvalue weighted by molar-refractivity contribution is 7.62. The largest absolute Gasteiger partial charge is 0.496 e. The van der Waals surface area contributed by atoms with Crippen molar-refractivity contribution in [3.05, 3.63) is 42.0 Å². The van der Waals surface area contributed by atoms with E-state index < -0.39 is 19.0 Å². The lowest BCUT2D eigenvalue weighted by Gasteiger charge is -2.50. The first-order chi connectivity index (χ1) is 15.6. The predicted molar refractivity (Wildman–Crippen MR) is 132 cm³/mol. The number of carboxylic acid groups (broad SMARTS) is 1. The summed E-state index contributed by atoms with van der Waals surface area (Å²) in [6, 6.07) is 5.76. The van der Waals surface area contributed by atoms with Gasteiger partial charge in [0, 0.05) is 0 Å². The fraction of sp³-hybridized carbons (Fsp3) is 0.593. The average molecular weight is 457 g/mol. The van der Waals surface area contributed by atoms with E-state index in [4.69, 9.17) is 9.47 Å². The Hall–Kier alpha value is -1.80. The Morgan fingerprint density at radius 2 is 1.47 bits per heavy atom. The molecule has 0 heterocycles. The molecule has 0 saturated heterocycles. The number of carbonyl (C=O) groups is 1. The monoisotopic (exact) mass is 456 g/mol. The van der Waals surface area contributed by atoms with Gasteiger partial charge in [-0.1, -0.05) is 70.7 Å². The highest BCUT2D eigenvalue weighted by atomic mass is 31.1. The number of rotatable bonds is 7. The predicted octanol–water partition coefficient (Wildman–Crippen LogP) is 7.02. The number of ether oxygens (including phenoxy) is 2. The lowest BCUT2D eigenvalue weighted by Crippen LogP contribution is -2.44. The normalized spacial score (nSPS) is 24.9. The van der Waals surface area contributed by atoms with Crippen LogP contribution in [0.2, 0.25) is 0 Å². The first-order valence-electron chi connectivity index (χ1n) is 12.2. The van der Waals surface area contributed by atoms with Crippen LogP contribution in [0.1, 0.15) is 76.2 Å². The van der Waals surface area contributed by atoms with Crippen molar-refractivity contribution in [1.29, 1.82) is 0 Å². The van der Waals surface area contributed by atoms with E-state index in [1.54, 1.807) is 14.2 Å². The molecule has 32 heavy (non-hydrogen) atoms. The van der Waals surface area contributed by atoms with Crippen LogP contribution in [0.4, 0.5) is 0 Å². The van der Waals surface area contributed by atoms with E-state index in [-0.39, 0.29) is 0 Å². The Morgan fingerprint density at radius 1 is 0.938 bits per heavy atom. The van der Waals surface area contributed by atoms with Crippen LogP contribution in [0.5, 0.6) is 11.5 Å². The number of hydrogen-bond acceptors (Lipinski definition) is 3. The van der Waals surface area contributed by atoms with Crippen LogP contribution >= 0.6 is 7.92 Å². The van der Waals surface area contributed by atoms with Gasteiger partial charge in [-0.25, -0.2) is 0 Å². The molecule has 174 valence electrons. The van der Waals surface area contributed by atoms with Crippen LogP contribution in [-0.4, -0.2) is 41.8 Å². The molecule has 1 N–H and O–H groups in total. The Balaban J connectivity index is 1.90. The van der Waals surface area contributed by atoms with Crippen molar-refractivity contribution in [3.8, 4) is 11.5 Å². The van der Waals surface area contributed by atoms with E-state index in [0.717, 1.165) is 11.1 Å². The molecule has 3 aliphatic carbocycles. The standard InChI is InChI=1S/C27H37O4P/c1-30-23-17-11-18-24(31-2)25(23)22-16-9-10-19-27(22,26(28)29)32(20-12-5-3-6-13-20)21-14-7-4-8-15-21/h9-11,16-18,20-21H,3-8,12-15,19H2,1-2H3,(H,28,29). The molecule has 3 aliphatic rings. The molecule has 0 radical (unpaired) electrons. The van der Waals surface area contributed by atoms with Gasteiger partial charge in [-0.3, -0.25) is 4.79 Å². The molecular formula is C27H37O4P. The summed E-state index contributed by atoms with van der Waals surface area (Å²) >= 11 is 0. The average Bonchev–Trinajstić information content (AvgIpc) is 2.85. The van der Waals surface area contributed by atoms with E-state index in [0.29, 0.717) is 29.2 Å². The highest BCUT2D eigenvalue weighted by Crippen LogP contribution is 2.70. The Labute approximate surface area is 193 Å². The molecule has 4 rings (SSSR count). The SMILES string of the molecule is COc1cccc(OC)c1C1=CC=CCC1(C(=O)O)P(C1CCCCC1)C1CCCCC1. The minimum absolute atomic E-state index is 0.522. The number of methoxy groups -OCH3 is 2. The van der Waals surface area contributed by atoms with E-state index >= 15 is 0 Å². The fourth-order valence-corrected chi connectivity index (χ4v) is 10.9. The summed E-state index contributed by atoms with van der Waals surface area (Å²) in [5.74, 6) is 0.723. The van der Waals surface area contributed by atoms with Gasteiger partial charge < -0.3 is 14.6 Å². The van der Waals surface area contributed by atoms with Gasteiger partial charge >= 0.3 is 5.97 Å². The third-order valence-corrected chi connectivity index (χ3v) is 11.8. The Morgan fingerprint density at radius 3 is 1.94 bits per heavy atom. The second kappa shape index (κ2) is 10.4. The summed E-state index contributed by atoms with van der Waals surface area (Å²) in [6.07, 6.45) is 18.9. The molecule has 1 unspecified atom stereocenters. The van der Waals surface area contributed by atoms with Crippen LogP contribution in [0, 0.1) is 0 Å². The van der Waals surface area contributed by atoms with Crippen LogP contribution in [0.25, 0.3) is 5.57 Å². The first-order valence-corrected chi connectivity index (χ1v) is 13.7. The summed E-state index contributed by atoms with van der Waals surface area (Å²) in [7, 11) is 2.55. The second-order valence-electron chi connectivity index (χ2n) is 9.41. The molecule has 1 aromatic carbocycles. The van der Waals surface area contributed by atoms with Gasteiger partial charge in [-0.05, 0) is 61.1 Å². The number of carboxylic acids is 1. The van der Waals surface area contributed by atoms with Crippen molar-refractivity contribution in [3.63, 3.8) is 0 Å². The molecule has 2 saturated carbocycles. The van der Waals surface area contributed by atoms with Crippen LogP contribution in [0.3, 0.4) is 0 Å². The third kappa shape index (κ3) is 4.23. The van der Waals surface area contributed by atoms with E-state index in [1.165, 1.54) is 64.2 Å².